The third-order valence-corrected chi connectivity index (χ3v) is 4.05. The van der Waals surface area contributed by atoms with Gasteiger partial charge in [-0.3, -0.25) is 0 Å². The minimum atomic E-state index is 0.553. The standard InChI is InChI=1S/C10H19N/c1-7-3-4-10(5-8(7)2)6-9(10)11/h7-9H,3-6,11H2,1-2H3. The van der Waals surface area contributed by atoms with Crippen molar-refractivity contribution in [2.24, 2.45) is 23.0 Å². The third-order valence-electron chi connectivity index (χ3n) is 4.05. The SMILES string of the molecule is CC1CCC2(CC1C)CC2N. The lowest BCUT2D eigenvalue weighted by molar-refractivity contribution is 0.187. The predicted molar refractivity (Wildman–Crippen MR) is 47.2 cm³/mol. The van der Waals surface area contributed by atoms with Crippen molar-refractivity contribution >= 4 is 0 Å². The molecule has 64 valence electrons. The van der Waals surface area contributed by atoms with Gasteiger partial charge in [-0.15, -0.1) is 0 Å². The molecular weight excluding hydrogens is 134 g/mol. The van der Waals surface area contributed by atoms with E-state index < -0.39 is 0 Å². The van der Waals surface area contributed by atoms with E-state index in [1.165, 1.54) is 25.7 Å². The molecule has 2 saturated carbocycles. The van der Waals surface area contributed by atoms with Gasteiger partial charge in [-0.1, -0.05) is 13.8 Å². The lowest BCUT2D eigenvalue weighted by atomic mass is 9.73. The first-order chi connectivity index (χ1) is 5.14. The monoisotopic (exact) mass is 153 g/mol. The van der Waals surface area contributed by atoms with Crippen LogP contribution in [0, 0.1) is 17.3 Å². The fourth-order valence-corrected chi connectivity index (χ4v) is 2.65. The molecule has 2 N–H and O–H groups in total. The molecule has 2 rings (SSSR count). The molecule has 11 heavy (non-hydrogen) atoms. The summed E-state index contributed by atoms with van der Waals surface area (Å²) in [7, 11) is 0. The second-order valence-electron chi connectivity index (χ2n) is 4.87. The van der Waals surface area contributed by atoms with Gasteiger partial charge in [0.2, 0.25) is 0 Å². The van der Waals surface area contributed by atoms with Gasteiger partial charge < -0.3 is 5.73 Å². The number of rotatable bonds is 0. The van der Waals surface area contributed by atoms with Crippen LogP contribution in [-0.4, -0.2) is 6.04 Å². The van der Waals surface area contributed by atoms with Crippen LogP contribution in [0.25, 0.3) is 0 Å². The molecular formula is C10H19N. The van der Waals surface area contributed by atoms with E-state index in [0.29, 0.717) is 11.5 Å². The average molecular weight is 153 g/mol. The highest BCUT2D eigenvalue weighted by Gasteiger charge is 2.53. The van der Waals surface area contributed by atoms with Gasteiger partial charge in [0.25, 0.3) is 0 Å². The first-order valence-corrected chi connectivity index (χ1v) is 4.90. The summed E-state index contributed by atoms with van der Waals surface area (Å²) in [5.74, 6) is 1.85. The maximum absolute atomic E-state index is 5.94. The quantitative estimate of drug-likeness (QED) is 0.567. The second-order valence-corrected chi connectivity index (χ2v) is 4.87. The third kappa shape index (κ3) is 1.10. The fraction of sp³-hybridized carbons (Fsp3) is 1.00. The van der Waals surface area contributed by atoms with Crippen LogP contribution in [0.5, 0.6) is 0 Å². The molecule has 0 aromatic heterocycles. The summed E-state index contributed by atoms with van der Waals surface area (Å²) in [5.41, 5.74) is 6.56. The van der Waals surface area contributed by atoms with Crippen LogP contribution in [0.3, 0.4) is 0 Å². The van der Waals surface area contributed by atoms with Crippen LogP contribution in [-0.2, 0) is 0 Å². The zero-order chi connectivity index (χ0) is 8.06. The van der Waals surface area contributed by atoms with Crippen molar-refractivity contribution in [2.45, 2.75) is 45.6 Å². The Kier molecular flexibility index (Phi) is 1.54. The molecule has 0 aromatic carbocycles. The Labute approximate surface area is 69.4 Å². The van der Waals surface area contributed by atoms with E-state index in [4.69, 9.17) is 5.73 Å². The maximum Gasteiger partial charge on any atom is 0.0102 e. The van der Waals surface area contributed by atoms with Crippen LogP contribution in [0.2, 0.25) is 0 Å². The van der Waals surface area contributed by atoms with Gasteiger partial charge in [-0.25, -0.2) is 0 Å². The van der Waals surface area contributed by atoms with E-state index in [-0.39, 0.29) is 0 Å². The summed E-state index contributed by atoms with van der Waals surface area (Å²) in [5, 5.41) is 0. The molecule has 0 saturated heterocycles. The Bertz CT molecular complexity index is 166. The summed E-state index contributed by atoms with van der Waals surface area (Å²) in [6, 6.07) is 0.553. The molecule has 4 atom stereocenters. The van der Waals surface area contributed by atoms with Gasteiger partial charge in [-0.05, 0) is 42.9 Å². The van der Waals surface area contributed by atoms with Gasteiger partial charge in [-0.2, -0.15) is 0 Å². The Balaban J connectivity index is 1.99. The summed E-state index contributed by atoms with van der Waals surface area (Å²) in [4.78, 5) is 0. The number of nitrogens with two attached hydrogens (primary N) is 1. The van der Waals surface area contributed by atoms with E-state index in [0.717, 1.165) is 11.8 Å². The first kappa shape index (κ1) is 7.60. The van der Waals surface area contributed by atoms with Crippen molar-refractivity contribution in [2.75, 3.05) is 0 Å². The van der Waals surface area contributed by atoms with Gasteiger partial charge in [0.05, 0.1) is 0 Å². The molecule has 2 fully saturated rings. The smallest absolute Gasteiger partial charge is 0.0102 e. The van der Waals surface area contributed by atoms with Crippen molar-refractivity contribution < 1.29 is 0 Å². The normalized spacial score (nSPS) is 56.5. The lowest BCUT2D eigenvalue weighted by Crippen LogP contribution is -2.26. The molecule has 4 unspecified atom stereocenters. The molecule has 0 heterocycles. The largest absolute Gasteiger partial charge is 0.327 e. The first-order valence-electron chi connectivity index (χ1n) is 4.90. The second kappa shape index (κ2) is 2.22. The summed E-state index contributed by atoms with van der Waals surface area (Å²) in [6.07, 6.45) is 5.52. The van der Waals surface area contributed by atoms with Gasteiger partial charge in [0, 0.05) is 6.04 Å². The number of hydrogen-bond acceptors (Lipinski definition) is 1. The molecule has 0 radical (unpaired) electrons. The van der Waals surface area contributed by atoms with E-state index in [1.54, 1.807) is 0 Å². The Morgan fingerprint density at radius 2 is 1.82 bits per heavy atom. The van der Waals surface area contributed by atoms with Gasteiger partial charge in [0.15, 0.2) is 0 Å². The summed E-state index contributed by atoms with van der Waals surface area (Å²) in [6.45, 7) is 4.77. The molecule has 0 amide bonds. The lowest BCUT2D eigenvalue weighted by Gasteiger charge is -2.32. The molecule has 0 aromatic rings. The van der Waals surface area contributed by atoms with Gasteiger partial charge in [0.1, 0.15) is 0 Å². The van der Waals surface area contributed by atoms with Crippen LogP contribution in [0.1, 0.15) is 39.5 Å². The molecule has 2 aliphatic rings. The van der Waals surface area contributed by atoms with Crippen molar-refractivity contribution in [1.82, 2.24) is 0 Å². The zero-order valence-electron chi connectivity index (χ0n) is 7.64. The Morgan fingerprint density at radius 3 is 2.27 bits per heavy atom. The summed E-state index contributed by atoms with van der Waals surface area (Å²) < 4.78 is 0. The van der Waals surface area contributed by atoms with Crippen molar-refractivity contribution in [3.05, 3.63) is 0 Å². The molecule has 1 heteroatoms. The highest BCUT2D eigenvalue weighted by Crippen LogP contribution is 2.57. The minimum absolute atomic E-state index is 0.553. The highest BCUT2D eigenvalue weighted by molar-refractivity contribution is 5.08. The number of hydrogen-bond donors (Lipinski definition) is 1. The maximum atomic E-state index is 5.94. The topological polar surface area (TPSA) is 26.0 Å². The van der Waals surface area contributed by atoms with E-state index in [1.807, 2.05) is 0 Å². The Hall–Kier alpha value is -0.0400. The van der Waals surface area contributed by atoms with E-state index >= 15 is 0 Å². The molecule has 0 aliphatic heterocycles. The Morgan fingerprint density at radius 1 is 1.18 bits per heavy atom. The fourth-order valence-electron chi connectivity index (χ4n) is 2.65. The van der Waals surface area contributed by atoms with E-state index in [9.17, 15) is 0 Å². The van der Waals surface area contributed by atoms with Crippen LogP contribution < -0.4 is 5.73 Å². The van der Waals surface area contributed by atoms with E-state index in [2.05, 4.69) is 13.8 Å². The highest BCUT2D eigenvalue weighted by atomic mass is 14.8. The molecule has 1 nitrogen and oxygen atoms in total. The van der Waals surface area contributed by atoms with Gasteiger partial charge >= 0.3 is 0 Å². The van der Waals surface area contributed by atoms with Crippen LogP contribution in [0.4, 0.5) is 0 Å². The van der Waals surface area contributed by atoms with Crippen LogP contribution >= 0.6 is 0 Å². The molecule has 1 spiro atoms. The molecule has 2 aliphatic carbocycles. The average Bonchev–Trinajstić information content (AvgIpc) is 2.55. The zero-order valence-corrected chi connectivity index (χ0v) is 7.64. The molecule has 0 bridgehead atoms. The van der Waals surface area contributed by atoms with Crippen molar-refractivity contribution in [3.63, 3.8) is 0 Å². The predicted octanol–water partition coefficient (Wildman–Crippen LogP) is 2.16. The van der Waals surface area contributed by atoms with Crippen molar-refractivity contribution in [1.29, 1.82) is 0 Å². The van der Waals surface area contributed by atoms with Crippen LogP contribution in [0.15, 0.2) is 0 Å². The minimum Gasteiger partial charge on any atom is -0.327 e. The van der Waals surface area contributed by atoms with Crippen molar-refractivity contribution in [3.8, 4) is 0 Å². The summed E-state index contributed by atoms with van der Waals surface area (Å²) >= 11 is 0.